The lowest BCUT2D eigenvalue weighted by atomic mass is 9.96. The molecule has 2 aromatic rings. The molecule has 21 heavy (non-hydrogen) atoms. The van der Waals surface area contributed by atoms with Crippen LogP contribution in [0.15, 0.2) is 47.4 Å². The minimum Gasteiger partial charge on any atom is -0.312 e. The van der Waals surface area contributed by atoms with Gasteiger partial charge in [-0.2, -0.15) is 0 Å². The Bertz CT molecular complexity index is 749. The Balaban J connectivity index is 1.94. The molecule has 3 rings (SSSR count). The highest BCUT2D eigenvalue weighted by atomic mass is 32.2. The van der Waals surface area contributed by atoms with Crippen molar-refractivity contribution in [1.82, 2.24) is 5.32 Å². The van der Waals surface area contributed by atoms with Gasteiger partial charge >= 0.3 is 0 Å². The predicted octanol–water partition coefficient (Wildman–Crippen LogP) is 2.61. The van der Waals surface area contributed by atoms with Crippen molar-refractivity contribution in [3.05, 3.63) is 64.7 Å². The van der Waals surface area contributed by atoms with E-state index >= 15 is 0 Å². The normalized spacial score (nSPS) is 14.7. The zero-order valence-electron chi connectivity index (χ0n) is 12.1. The number of nitrogens with one attached hydrogen (secondary N) is 1. The fourth-order valence-corrected chi connectivity index (χ4v) is 4.18. The van der Waals surface area contributed by atoms with Crippen LogP contribution in [0.5, 0.6) is 0 Å². The molecule has 4 heteroatoms. The van der Waals surface area contributed by atoms with Gasteiger partial charge in [-0.25, -0.2) is 8.42 Å². The van der Waals surface area contributed by atoms with Gasteiger partial charge in [0.05, 0.1) is 10.6 Å². The Labute approximate surface area is 125 Å². The fourth-order valence-electron chi connectivity index (χ4n) is 2.78. The maximum atomic E-state index is 12.6. The zero-order chi connectivity index (χ0) is 14.9. The number of hydrogen-bond acceptors (Lipinski definition) is 3. The van der Waals surface area contributed by atoms with E-state index < -0.39 is 9.84 Å². The number of sulfone groups is 1. The minimum absolute atomic E-state index is 0.0826. The lowest BCUT2D eigenvalue weighted by molar-refractivity contribution is 0.594. The van der Waals surface area contributed by atoms with E-state index in [4.69, 9.17) is 0 Å². The number of hydrogen-bond donors (Lipinski definition) is 1. The SMILES string of the molecule is Cc1ccc(S(=O)(=O)Cc2cccc3c2CCNC3)cc1. The molecular formula is C17H19NO2S. The van der Waals surface area contributed by atoms with Crippen molar-refractivity contribution in [2.45, 2.75) is 30.5 Å². The van der Waals surface area contributed by atoms with Gasteiger partial charge in [-0.1, -0.05) is 35.9 Å². The van der Waals surface area contributed by atoms with E-state index in [0.29, 0.717) is 4.90 Å². The van der Waals surface area contributed by atoms with Gasteiger partial charge in [0, 0.05) is 6.54 Å². The summed E-state index contributed by atoms with van der Waals surface area (Å²) in [6.45, 7) is 3.69. The molecule has 0 aliphatic carbocycles. The highest BCUT2D eigenvalue weighted by molar-refractivity contribution is 7.90. The lowest BCUT2D eigenvalue weighted by Crippen LogP contribution is -2.25. The van der Waals surface area contributed by atoms with Crippen LogP contribution in [0.4, 0.5) is 0 Å². The first kappa shape index (κ1) is 14.3. The van der Waals surface area contributed by atoms with Gasteiger partial charge < -0.3 is 5.32 Å². The second kappa shape index (κ2) is 5.62. The Morgan fingerprint density at radius 3 is 2.62 bits per heavy atom. The molecule has 0 aromatic heterocycles. The summed E-state index contributed by atoms with van der Waals surface area (Å²) in [6, 6.07) is 13.0. The first-order valence-corrected chi connectivity index (χ1v) is 8.81. The molecule has 0 saturated carbocycles. The molecule has 1 heterocycles. The van der Waals surface area contributed by atoms with E-state index in [1.54, 1.807) is 12.1 Å². The van der Waals surface area contributed by atoms with Crippen molar-refractivity contribution in [3.63, 3.8) is 0 Å². The van der Waals surface area contributed by atoms with Crippen LogP contribution in [-0.2, 0) is 28.6 Å². The third-order valence-electron chi connectivity index (χ3n) is 3.96. The van der Waals surface area contributed by atoms with Gasteiger partial charge in [0.2, 0.25) is 0 Å². The molecule has 1 aliphatic heterocycles. The summed E-state index contributed by atoms with van der Waals surface area (Å²) in [5.41, 5.74) is 4.43. The Hall–Kier alpha value is -1.65. The van der Waals surface area contributed by atoms with Gasteiger partial charge in [0.1, 0.15) is 0 Å². The zero-order valence-corrected chi connectivity index (χ0v) is 12.9. The van der Waals surface area contributed by atoms with Crippen LogP contribution in [0, 0.1) is 6.92 Å². The Kier molecular flexibility index (Phi) is 3.83. The number of aryl methyl sites for hydroxylation is 1. The largest absolute Gasteiger partial charge is 0.312 e. The van der Waals surface area contributed by atoms with Crippen LogP contribution in [0.1, 0.15) is 22.3 Å². The minimum atomic E-state index is -3.28. The monoisotopic (exact) mass is 301 g/mol. The lowest BCUT2D eigenvalue weighted by Gasteiger charge is -2.20. The smallest absolute Gasteiger partial charge is 0.182 e. The molecule has 110 valence electrons. The highest BCUT2D eigenvalue weighted by Crippen LogP contribution is 2.23. The van der Waals surface area contributed by atoms with Crippen LogP contribution in [0.25, 0.3) is 0 Å². The second-order valence-corrected chi connectivity index (χ2v) is 7.54. The summed E-state index contributed by atoms with van der Waals surface area (Å²) in [5, 5.41) is 3.32. The second-order valence-electron chi connectivity index (χ2n) is 5.55. The van der Waals surface area contributed by atoms with E-state index in [9.17, 15) is 8.42 Å². The molecular weight excluding hydrogens is 282 g/mol. The van der Waals surface area contributed by atoms with Gasteiger partial charge in [-0.3, -0.25) is 0 Å². The van der Waals surface area contributed by atoms with E-state index in [1.165, 1.54) is 11.1 Å². The van der Waals surface area contributed by atoms with Crippen molar-refractivity contribution in [2.24, 2.45) is 0 Å². The molecule has 2 aromatic carbocycles. The van der Waals surface area contributed by atoms with Crippen molar-refractivity contribution in [1.29, 1.82) is 0 Å². The van der Waals surface area contributed by atoms with Gasteiger partial charge in [-0.15, -0.1) is 0 Å². The first-order valence-electron chi connectivity index (χ1n) is 7.16. The summed E-state index contributed by atoms with van der Waals surface area (Å²) >= 11 is 0. The average molecular weight is 301 g/mol. The number of rotatable bonds is 3. The quantitative estimate of drug-likeness (QED) is 0.948. The van der Waals surface area contributed by atoms with Crippen molar-refractivity contribution < 1.29 is 8.42 Å². The van der Waals surface area contributed by atoms with E-state index in [1.807, 2.05) is 31.2 Å². The standard InChI is InChI=1S/C17H19NO2S/c1-13-5-7-16(8-6-13)21(19,20)12-15-4-2-3-14-11-18-10-9-17(14)15/h2-8,18H,9-12H2,1H3. The Morgan fingerprint density at radius 1 is 1.10 bits per heavy atom. The molecule has 0 unspecified atom stereocenters. The summed E-state index contributed by atoms with van der Waals surface area (Å²) < 4.78 is 25.2. The van der Waals surface area contributed by atoms with Crippen LogP contribution in [0.2, 0.25) is 0 Å². The van der Waals surface area contributed by atoms with Gasteiger partial charge in [0.15, 0.2) is 9.84 Å². The summed E-state index contributed by atoms with van der Waals surface area (Å²) in [7, 11) is -3.28. The maximum absolute atomic E-state index is 12.6. The fraction of sp³-hybridized carbons (Fsp3) is 0.294. The first-order chi connectivity index (χ1) is 10.1. The molecule has 3 nitrogen and oxygen atoms in total. The molecule has 0 atom stereocenters. The molecule has 0 radical (unpaired) electrons. The average Bonchev–Trinajstić information content (AvgIpc) is 2.48. The summed E-state index contributed by atoms with van der Waals surface area (Å²) in [5.74, 6) is 0.0826. The molecule has 0 amide bonds. The van der Waals surface area contributed by atoms with Gasteiger partial charge in [-0.05, 0) is 48.7 Å². The van der Waals surface area contributed by atoms with Crippen LogP contribution >= 0.6 is 0 Å². The molecule has 0 spiro atoms. The van der Waals surface area contributed by atoms with Crippen LogP contribution in [-0.4, -0.2) is 15.0 Å². The van der Waals surface area contributed by atoms with E-state index in [-0.39, 0.29) is 5.75 Å². The van der Waals surface area contributed by atoms with Crippen LogP contribution in [0.3, 0.4) is 0 Å². The third kappa shape index (κ3) is 3.01. The van der Waals surface area contributed by atoms with Crippen molar-refractivity contribution in [3.8, 4) is 0 Å². The van der Waals surface area contributed by atoms with Crippen molar-refractivity contribution in [2.75, 3.05) is 6.54 Å². The highest BCUT2D eigenvalue weighted by Gasteiger charge is 2.19. The molecule has 0 saturated heterocycles. The summed E-state index contributed by atoms with van der Waals surface area (Å²) in [6.07, 6.45) is 0.898. The van der Waals surface area contributed by atoms with Crippen LogP contribution < -0.4 is 5.32 Å². The molecule has 1 N–H and O–H groups in total. The third-order valence-corrected chi connectivity index (χ3v) is 5.64. The molecule has 0 bridgehead atoms. The number of benzene rings is 2. The summed E-state index contributed by atoms with van der Waals surface area (Å²) in [4.78, 5) is 0.402. The predicted molar refractivity (Wildman–Crippen MR) is 83.9 cm³/mol. The van der Waals surface area contributed by atoms with E-state index in [0.717, 1.165) is 30.6 Å². The number of fused-ring (bicyclic) bond motifs is 1. The van der Waals surface area contributed by atoms with Crippen molar-refractivity contribution >= 4 is 9.84 Å². The van der Waals surface area contributed by atoms with E-state index in [2.05, 4.69) is 11.4 Å². The Morgan fingerprint density at radius 2 is 1.86 bits per heavy atom. The maximum Gasteiger partial charge on any atom is 0.182 e. The molecule has 0 fully saturated rings. The molecule has 1 aliphatic rings. The van der Waals surface area contributed by atoms with Gasteiger partial charge in [0.25, 0.3) is 0 Å². The topological polar surface area (TPSA) is 46.2 Å².